The van der Waals surface area contributed by atoms with Gasteiger partial charge >= 0.3 is 5.97 Å². The summed E-state index contributed by atoms with van der Waals surface area (Å²) in [5, 5.41) is 14.8. The Morgan fingerprint density at radius 2 is 1.47 bits per heavy atom. The first kappa shape index (κ1) is 22.1. The topological polar surface area (TPSA) is 105 Å². The van der Waals surface area contributed by atoms with Gasteiger partial charge in [-0.25, -0.2) is 0 Å². The average molecular weight is 417 g/mol. The fourth-order valence-corrected chi connectivity index (χ4v) is 4.28. The molecule has 0 bridgehead atoms. The normalized spacial score (nSPS) is 22.1. The summed E-state index contributed by atoms with van der Waals surface area (Å²) in [7, 11) is 0. The Balaban J connectivity index is 1.35. The third-order valence-corrected chi connectivity index (χ3v) is 6.13. The van der Waals surface area contributed by atoms with Crippen LogP contribution in [0.3, 0.4) is 0 Å². The molecule has 3 rings (SSSR count). The van der Waals surface area contributed by atoms with Crippen LogP contribution in [-0.2, 0) is 9.59 Å². The molecule has 7 heteroatoms. The van der Waals surface area contributed by atoms with Gasteiger partial charge in [0.1, 0.15) is 5.75 Å². The zero-order valence-corrected chi connectivity index (χ0v) is 17.4. The Labute approximate surface area is 177 Å². The zero-order valence-electron chi connectivity index (χ0n) is 17.4. The van der Waals surface area contributed by atoms with Gasteiger partial charge in [-0.3, -0.25) is 14.4 Å². The Morgan fingerprint density at radius 3 is 2.10 bits per heavy atom. The Kier molecular flexibility index (Phi) is 8.11. The molecule has 2 aliphatic carbocycles. The standard InChI is InChI=1S/C23H32N2O5/c26-21(16-4-2-1-3-5-16)24-14-15-25-22(27)17-6-10-19(11-7-17)30-20-12-8-18(9-13-20)23(28)29/h6-7,10-11,16,18,20H,1-5,8-9,12-15H2,(H,24,26)(H,25,27)(H,28,29). The summed E-state index contributed by atoms with van der Waals surface area (Å²) in [5.41, 5.74) is 0.538. The summed E-state index contributed by atoms with van der Waals surface area (Å²) in [6.07, 6.45) is 8.15. The molecule has 30 heavy (non-hydrogen) atoms. The van der Waals surface area contributed by atoms with Gasteiger partial charge in [0.05, 0.1) is 12.0 Å². The lowest BCUT2D eigenvalue weighted by Crippen LogP contribution is -2.38. The van der Waals surface area contributed by atoms with Crippen LogP contribution in [0.15, 0.2) is 24.3 Å². The number of carbonyl (C=O) groups is 3. The minimum Gasteiger partial charge on any atom is -0.490 e. The quantitative estimate of drug-likeness (QED) is 0.565. The smallest absolute Gasteiger partial charge is 0.306 e. The van der Waals surface area contributed by atoms with E-state index in [1.165, 1.54) is 6.42 Å². The molecule has 2 amide bonds. The van der Waals surface area contributed by atoms with Crippen molar-refractivity contribution < 1.29 is 24.2 Å². The second-order valence-electron chi connectivity index (χ2n) is 8.34. The summed E-state index contributed by atoms with van der Waals surface area (Å²) in [5.74, 6) is -0.259. The van der Waals surface area contributed by atoms with E-state index in [1.807, 2.05) is 0 Å². The maximum atomic E-state index is 12.3. The number of nitrogens with one attached hydrogen (secondary N) is 2. The number of amides is 2. The predicted molar refractivity (Wildman–Crippen MR) is 112 cm³/mol. The fourth-order valence-electron chi connectivity index (χ4n) is 4.28. The molecule has 0 aromatic heterocycles. The summed E-state index contributed by atoms with van der Waals surface area (Å²) in [6.45, 7) is 0.823. The first-order valence-corrected chi connectivity index (χ1v) is 11.1. The summed E-state index contributed by atoms with van der Waals surface area (Å²) in [4.78, 5) is 35.4. The van der Waals surface area contributed by atoms with E-state index in [0.29, 0.717) is 37.2 Å². The molecule has 0 spiro atoms. The Hall–Kier alpha value is -2.57. The molecule has 164 valence electrons. The van der Waals surface area contributed by atoms with Crippen LogP contribution in [0, 0.1) is 11.8 Å². The van der Waals surface area contributed by atoms with Gasteiger partial charge in [0.15, 0.2) is 0 Å². The molecule has 2 fully saturated rings. The molecule has 0 heterocycles. The highest BCUT2D eigenvalue weighted by molar-refractivity contribution is 5.94. The van der Waals surface area contributed by atoms with Crippen molar-refractivity contribution in [1.29, 1.82) is 0 Å². The second-order valence-corrected chi connectivity index (χ2v) is 8.34. The van der Waals surface area contributed by atoms with Crippen molar-refractivity contribution in [3.05, 3.63) is 29.8 Å². The van der Waals surface area contributed by atoms with Crippen LogP contribution in [0.1, 0.15) is 68.1 Å². The van der Waals surface area contributed by atoms with Gasteiger partial charge in [0.2, 0.25) is 5.91 Å². The van der Waals surface area contributed by atoms with Gasteiger partial charge in [-0.1, -0.05) is 19.3 Å². The molecule has 0 atom stereocenters. The number of benzene rings is 1. The maximum absolute atomic E-state index is 12.3. The molecular formula is C23H32N2O5. The summed E-state index contributed by atoms with van der Waals surface area (Å²) in [6, 6.07) is 6.97. The number of carboxylic acid groups (broad SMARTS) is 1. The van der Waals surface area contributed by atoms with Crippen molar-refractivity contribution in [2.24, 2.45) is 11.8 Å². The van der Waals surface area contributed by atoms with Gasteiger partial charge in [0.25, 0.3) is 5.91 Å². The van der Waals surface area contributed by atoms with E-state index >= 15 is 0 Å². The molecule has 0 unspecified atom stereocenters. The average Bonchev–Trinajstić information content (AvgIpc) is 2.78. The van der Waals surface area contributed by atoms with Crippen LogP contribution in [0.2, 0.25) is 0 Å². The van der Waals surface area contributed by atoms with Crippen molar-refractivity contribution in [2.75, 3.05) is 13.1 Å². The van der Waals surface area contributed by atoms with E-state index in [2.05, 4.69) is 10.6 Å². The number of rotatable bonds is 8. The first-order chi connectivity index (χ1) is 14.5. The first-order valence-electron chi connectivity index (χ1n) is 11.1. The van der Waals surface area contributed by atoms with Crippen LogP contribution >= 0.6 is 0 Å². The van der Waals surface area contributed by atoms with Crippen LogP contribution in [0.25, 0.3) is 0 Å². The summed E-state index contributed by atoms with van der Waals surface area (Å²) >= 11 is 0. The molecule has 3 N–H and O–H groups in total. The van der Waals surface area contributed by atoms with Gasteiger partial charge in [0, 0.05) is 24.6 Å². The van der Waals surface area contributed by atoms with E-state index in [1.54, 1.807) is 24.3 Å². The third-order valence-electron chi connectivity index (χ3n) is 6.13. The lowest BCUT2D eigenvalue weighted by atomic mass is 9.87. The van der Waals surface area contributed by atoms with E-state index in [4.69, 9.17) is 9.84 Å². The van der Waals surface area contributed by atoms with Crippen molar-refractivity contribution in [2.45, 2.75) is 63.9 Å². The predicted octanol–water partition coefficient (Wildman–Crippen LogP) is 3.14. The number of carboxylic acids is 1. The third kappa shape index (κ3) is 6.47. The van der Waals surface area contributed by atoms with Gasteiger partial charge < -0.3 is 20.5 Å². The second kappa shape index (κ2) is 11.0. The van der Waals surface area contributed by atoms with Gasteiger partial charge in [-0.05, 0) is 62.8 Å². The van der Waals surface area contributed by atoms with E-state index in [-0.39, 0.29) is 29.8 Å². The number of hydrogen-bond donors (Lipinski definition) is 3. The number of carbonyl (C=O) groups excluding carboxylic acids is 2. The molecule has 2 aliphatic rings. The van der Waals surface area contributed by atoms with Crippen LogP contribution in [0.4, 0.5) is 0 Å². The lowest BCUT2D eigenvalue weighted by molar-refractivity contribution is -0.143. The van der Waals surface area contributed by atoms with E-state index in [0.717, 1.165) is 38.5 Å². The molecule has 0 radical (unpaired) electrons. The van der Waals surface area contributed by atoms with Crippen LogP contribution < -0.4 is 15.4 Å². The van der Waals surface area contributed by atoms with Crippen molar-refractivity contribution in [3.63, 3.8) is 0 Å². The van der Waals surface area contributed by atoms with Gasteiger partial charge in [-0.15, -0.1) is 0 Å². The molecular weight excluding hydrogens is 384 g/mol. The van der Waals surface area contributed by atoms with Gasteiger partial charge in [-0.2, -0.15) is 0 Å². The molecule has 2 saturated carbocycles. The van der Waals surface area contributed by atoms with Crippen molar-refractivity contribution >= 4 is 17.8 Å². The fraction of sp³-hybridized carbons (Fsp3) is 0.609. The molecule has 0 saturated heterocycles. The maximum Gasteiger partial charge on any atom is 0.306 e. The highest BCUT2D eigenvalue weighted by Crippen LogP contribution is 2.28. The van der Waals surface area contributed by atoms with Crippen LogP contribution in [-0.4, -0.2) is 42.1 Å². The Bertz CT molecular complexity index is 720. The Morgan fingerprint density at radius 1 is 0.833 bits per heavy atom. The number of aliphatic carboxylic acids is 1. The zero-order chi connectivity index (χ0) is 21.3. The highest BCUT2D eigenvalue weighted by atomic mass is 16.5. The van der Waals surface area contributed by atoms with E-state index in [9.17, 15) is 14.4 Å². The van der Waals surface area contributed by atoms with Crippen molar-refractivity contribution in [3.8, 4) is 5.75 Å². The minimum atomic E-state index is -0.725. The lowest BCUT2D eigenvalue weighted by Gasteiger charge is -2.26. The number of hydrogen-bond acceptors (Lipinski definition) is 4. The summed E-state index contributed by atoms with van der Waals surface area (Å²) < 4.78 is 5.93. The van der Waals surface area contributed by atoms with E-state index < -0.39 is 5.97 Å². The SMILES string of the molecule is O=C(NCCNC(=O)C1CCCCC1)c1ccc(OC2CCC(C(=O)O)CC2)cc1. The minimum absolute atomic E-state index is 0.0213. The highest BCUT2D eigenvalue weighted by Gasteiger charge is 2.27. The number of ether oxygens (including phenoxy) is 1. The monoisotopic (exact) mass is 416 g/mol. The van der Waals surface area contributed by atoms with Crippen LogP contribution in [0.5, 0.6) is 5.75 Å². The van der Waals surface area contributed by atoms with Crippen molar-refractivity contribution in [1.82, 2.24) is 10.6 Å². The molecule has 1 aromatic carbocycles. The largest absolute Gasteiger partial charge is 0.490 e. The molecule has 0 aliphatic heterocycles. The molecule has 7 nitrogen and oxygen atoms in total. The molecule has 1 aromatic rings.